The normalized spacial score (nSPS) is 17.5. The number of nitrogens with one attached hydrogen (secondary N) is 1. The highest BCUT2D eigenvalue weighted by Gasteiger charge is 2.32. The van der Waals surface area contributed by atoms with Crippen LogP contribution in [0, 0.1) is 12.3 Å². The molecule has 2 aromatic heterocycles. The molecule has 0 radical (unpaired) electrons. The number of hydrogen-bond donors (Lipinski definition) is 2. The number of allylic oxidation sites excluding steroid dienone is 1. The fourth-order valence-electron chi connectivity index (χ4n) is 4.43. The molecular weight excluding hydrogens is 538 g/mol. The average Bonchev–Trinajstić information content (AvgIpc) is 3.52. The first kappa shape index (κ1) is 33.2. The van der Waals surface area contributed by atoms with Gasteiger partial charge in [-0.15, -0.1) is 12.3 Å². The van der Waals surface area contributed by atoms with E-state index in [0.717, 1.165) is 11.1 Å². The van der Waals surface area contributed by atoms with Crippen LogP contribution in [0.2, 0.25) is 0 Å². The minimum absolute atomic E-state index is 0.0179. The first-order valence-electron chi connectivity index (χ1n) is 13.2. The van der Waals surface area contributed by atoms with Gasteiger partial charge in [0.05, 0.1) is 29.5 Å². The van der Waals surface area contributed by atoms with Gasteiger partial charge < -0.3 is 29.9 Å². The molecule has 1 aromatic carbocycles. The fraction of sp³-hybridized carbons (Fsp3) is 0.448. The van der Waals surface area contributed by atoms with Crippen molar-refractivity contribution >= 4 is 16.6 Å². The van der Waals surface area contributed by atoms with E-state index in [4.69, 9.17) is 10.3 Å². The van der Waals surface area contributed by atoms with E-state index in [9.17, 15) is 17.6 Å². The second-order valence-electron chi connectivity index (χ2n) is 9.24. The number of benzene rings is 1. The number of halogens is 4. The zero-order valence-electron chi connectivity index (χ0n) is 24.2. The van der Waals surface area contributed by atoms with E-state index in [0.29, 0.717) is 35.3 Å². The molecule has 0 bridgehead atoms. The van der Waals surface area contributed by atoms with Crippen molar-refractivity contribution in [3.8, 4) is 23.9 Å². The van der Waals surface area contributed by atoms with Crippen LogP contribution in [0.1, 0.15) is 33.1 Å². The van der Waals surface area contributed by atoms with Crippen molar-refractivity contribution in [2.45, 2.75) is 58.7 Å². The number of rotatable bonds is 8. The van der Waals surface area contributed by atoms with E-state index in [1.165, 1.54) is 6.20 Å². The van der Waals surface area contributed by atoms with Gasteiger partial charge in [-0.05, 0) is 44.7 Å². The van der Waals surface area contributed by atoms with Crippen molar-refractivity contribution < 1.29 is 22.1 Å². The average molecular weight is 578 g/mol. The number of hydrogen-bond acceptors (Lipinski definition) is 7. The number of nitrogens with two attached hydrogens (primary N) is 1. The first-order chi connectivity index (χ1) is 19.5. The summed E-state index contributed by atoms with van der Waals surface area (Å²) in [6.07, 6.45) is 2.51. The van der Waals surface area contributed by atoms with Gasteiger partial charge in [-0.25, -0.2) is 4.39 Å². The number of likely N-dealkylation sites (N-methyl/N-ethyl adjacent to an activating group) is 1. The Labute approximate surface area is 238 Å². The minimum atomic E-state index is -4.49. The SMILES string of the molecule is C#CC.C=C/C(=C\N)N(C)Cc1nc(-c2cc3c(NC4CCN(C)CC4F)cccc3n2CC(F)(F)F)no1.CC. The van der Waals surface area contributed by atoms with Crippen LogP contribution in [0.5, 0.6) is 0 Å². The summed E-state index contributed by atoms with van der Waals surface area (Å²) in [6, 6.07) is 6.12. The molecule has 1 aliphatic rings. The van der Waals surface area contributed by atoms with E-state index in [1.807, 2.05) is 25.8 Å². The largest absolute Gasteiger partial charge is 0.406 e. The van der Waals surface area contributed by atoms with Gasteiger partial charge in [0.1, 0.15) is 12.7 Å². The Bertz CT molecular complexity index is 1340. The van der Waals surface area contributed by atoms with Crippen molar-refractivity contribution in [3.05, 3.63) is 54.7 Å². The highest BCUT2D eigenvalue weighted by molar-refractivity contribution is 5.96. The molecule has 224 valence electrons. The molecule has 2 atom stereocenters. The second kappa shape index (κ2) is 15.1. The fourth-order valence-corrected chi connectivity index (χ4v) is 4.43. The number of fused-ring (bicyclic) bond motifs is 1. The molecular formula is C29H39F4N7O. The molecule has 0 saturated carbocycles. The molecule has 3 N–H and O–H groups in total. The van der Waals surface area contributed by atoms with Crippen LogP contribution < -0.4 is 11.1 Å². The lowest BCUT2D eigenvalue weighted by atomic mass is 10.0. The maximum atomic E-state index is 14.7. The molecule has 0 aliphatic carbocycles. The molecule has 2 unspecified atom stereocenters. The maximum absolute atomic E-state index is 14.7. The van der Waals surface area contributed by atoms with Crippen LogP contribution in [0.3, 0.4) is 0 Å². The van der Waals surface area contributed by atoms with E-state index in [-0.39, 0.29) is 24.0 Å². The number of anilines is 1. The number of aromatic nitrogens is 3. The molecule has 41 heavy (non-hydrogen) atoms. The maximum Gasteiger partial charge on any atom is 0.406 e. The van der Waals surface area contributed by atoms with E-state index in [2.05, 4.69) is 34.4 Å². The highest BCUT2D eigenvalue weighted by Crippen LogP contribution is 2.35. The molecule has 0 amide bonds. The molecule has 1 saturated heterocycles. The first-order valence-corrected chi connectivity index (χ1v) is 13.2. The zero-order chi connectivity index (χ0) is 30.7. The van der Waals surface area contributed by atoms with Crippen molar-refractivity contribution in [1.82, 2.24) is 24.5 Å². The molecule has 0 spiro atoms. The standard InChI is InChI=1S/C24H29F4N7O.C3H4.C2H6/c1-4-15(11-29)34(3)13-22-31-23(32-36-22)21-10-16-18(30-19-8-9-33(2)12-17(19)25)6-5-7-20(16)35(21)14-24(26,27)28;1-3-2;1-2/h4-7,10-11,17,19,30H,1,8-9,12-14,29H2,2-3H3;1H,2H3;1-2H3/b15-11+;;. The lowest BCUT2D eigenvalue weighted by Crippen LogP contribution is -2.46. The Hall–Kier alpha value is -3.98. The topological polar surface area (TPSA) is 88.4 Å². The van der Waals surface area contributed by atoms with Crippen LogP contribution in [-0.2, 0) is 13.1 Å². The number of terminal acetylenes is 1. The molecule has 3 aromatic rings. The monoisotopic (exact) mass is 577 g/mol. The molecule has 1 fully saturated rings. The third-order valence-electron chi connectivity index (χ3n) is 6.26. The quantitative estimate of drug-likeness (QED) is 0.199. The molecule has 12 heteroatoms. The minimum Gasteiger partial charge on any atom is -0.403 e. The van der Waals surface area contributed by atoms with Crippen LogP contribution in [0.15, 0.2) is 53.3 Å². The van der Waals surface area contributed by atoms with Gasteiger partial charge in [-0.3, -0.25) is 0 Å². The molecule has 1 aliphatic heterocycles. The lowest BCUT2D eigenvalue weighted by molar-refractivity contribution is -0.139. The third-order valence-corrected chi connectivity index (χ3v) is 6.26. The van der Waals surface area contributed by atoms with Crippen LogP contribution in [-0.4, -0.2) is 70.1 Å². The van der Waals surface area contributed by atoms with Gasteiger partial charge >= 0.3 is 6.18 Å². The lowest BCUT2D eigenvalue weighted by Gasteiger charge is -2.33. The van der Waals surface area contributed by atoms with Crippen molar-refractivity contribution in [3.63, 3.8) is 0 Å². The van der Waals surface area contributed by atoms with Gasteiger partial charge in [0.25, 0.3) is 0 Å². The Balaban J connectivity index is 0.00000110. The predicted octanol–water partition coefficient (Wildman–Crippen LogP) is 5.79. The van der Waals surface area contributed by atoms with Gasteiger partial charge in [0.15, 0.2) is 0 Å². The number of likely N-dealkylation sites (tertiary alicyclic amines) is 1. The van der Waals surface area contributed by atoms with E-state index < -0.39 is 24.9 Å². The Kier molecular flexibility index (Phi) is 12.3. The van der Waals surface area contributed by atoms with Crippen molar-refractivity contribution in [1.29, 1.82) is 0 Å². The number of piperidine rings is 1. The summed E-state index contributed by atoms with van der Waals surface area (Å²) in [5.41, 5.74) is 7.22. The smallest absolute Gasteiger partial charge is 0.403 e. The van der Waals surface area contributed by atoms with Gasteiger partial charge in [0, 0.05) is 37.4 Å². The van der Waals surface area contributed by atoms with Gasteiger partial charge in [-0.2, -0.15) is 18.2 Å². The van der Waals surface area contributed by atoms with Crippen LogP contribution in [0.4, 0.5) is 23.2 Å². The second-order valence-corrected chi connectivity index (χ2v) is 9.24. The molecule has 4 rings (SSSR count). The van der Waals surface area contributed by atoms with Crippen LogP contribution >= 0.6 is 0 Å². The Morgan fingerprint density at radius 2 is 2.05 bits per heavy atom. The number of alkyl halides is 4. The van der Waals surface area contributed by atoms with Gasteiger partial charge in [-0.1, -0.05) is 31.6 Å². The van der Waals surface area contributed by atoms with Crippen molar-refractivity contribution in [2.24, 2.45) is 5.73 Å². The van der Waals surface area contributed by atoms with E-state index in [1.54, 1.807) is 49.2 Å². The summed E-state index contributed by atoms with van der Waals surface area (Å²) in [6.45, 7) is 9.29. The number of nitrogens with zero attached hydrogens (tertiary/aromatic N) is 5. The van der Waals surface area contributed by atoms with Crippen LogP contribution in [0.25, 0.3) is 22.4 Å². The third kappa shape index (κ3) is 8.75. The van der Waals surface area contributed by atoms with Crippen molar-refractivity contribution in [2.75, 3.05) is 32.5 Å². The van der Waals surface area contributed by atoms with Gasteiger partial charge in [0.2, 0.25) is 11.7 Å². The summed E-state index contributed by atoms with van der Waals surface area (Å²) in [4.78, 5) is 7.95. The molecule has 8 nitrogen and oxygen atoms in total. The molecule has 3 heterocycles. The summed E-state index contributed by atoms with van der Waals surface area (Å²) >= 11 is 0. The zero-order valence-corrected chi connectivity index (χ0v) is 24.2. The highest BCUT2D eigenvalue weighted by atomic mass is 19.4. The predicted molar refractivity (Wildman–Crippen MR) is 155 cm³/mol. The Morgan fingerprint density at radius 1 is 1.37 bits per heavy atom. The Morgan fingerprint density at radius 3 is 2.63 bits per heavy atom. The summed E-state index contributed by atoms with van der Waals surface area (Å²) in [7, 11) is 3.60. The summed E-state index contributed by atoms with van der Waals surface area (Å²) in [5.74, 6) is 2.46. The van der Waals surface area contributed by atoms with E-state index >= 15 is 0 Å². The summed E-state index contributed by atoms with van der Waals surface area (Å²) < 4.78 is 61.8. The summed E-state index contributed by atoms with van der Waals surface area (Å²) in [5, 5.41) is 7.67.